The third kappa shape index (κ3) is 2.41. The summed E-state index contributed by atoms with van der Waals surface area (Å²) >= 11 is 1.25. The van der Waals surface area contributed by atoms with Crippen molar-refractivity contribution in [3.63, 3.8) is 0 Å². The summed E-state index contributed by atoms with van der Waals surface area (Å²) in [6.07, 6.45) is 0.765. The Morgan fingerprint density at radius 3 is 2.83 bits per heavy atom. The van der Waals surface area contributed by atoms with Crippen LogP contribution in [0, 0.1) is 12.7 Å². The van der Waals surface area contributed by atoms with Gasteiger partial charge in [-0.2, -0.15) is 0 Å². The summed E-state index contributed by atoms with van der Waals surface area (Å²) in [7, 11) is 0. The van der Waals surface area contributed by atoms with Gasteiger partial charge in [-0.05, 0) is 32.0 Å². The molecule has 0 radical (unpaired) electrons. The average Bonchev–Trinajstić information content (AvgIpc) is 2.73. The second kappa shape index (κ2) is 5.27. The van der Waals surface area contributed by atoms with Crippen molar-refractivity contribution in [2.75, 3.05) is 6.61 Å². The van der Waals surface area contributed by atoms with Crippen LogP contribution >= 0.6 is 11.3 Å². The molecule has 0 saturated carbocycles. The van der Waals surface area contributed by atoms with Gasteiger partial charge in [-0.3, -0.25) is 4.79 Å². The Morgan fingerprint density at radius 2 is 2.28 bits per heavy atom. The molecule has 0 unspecified atom stereocenters. The zero-order chi connectivity index (χ0) is 13.1. The normalized spacial score (nSPS) is 10.4. The highest BCUT2D eigenvalue weighted by molar-refractivity contribution is 7.16. The molecule has 1 heterocycles. The van der Waals surface area contributed by atoms with Gasteiger partial charge >= 0.3 is 0 Å². The largest absolute Gasteiger partial charge is 0.491 e. The first-order valence-corrected chi connectivity index (χ1v) is 6.32. The molecule has 0 aliphatic heterocycles. The molecule has 0 amide bonds. The lowest BCUT2D eigenvalue weighted by Gasteiger charge is -2.05. The quantitative estimate of drug-likeness (QED) is 0.795. The van der Waals surface area contributed by atoms with Crippen LogP contribution in [0.1, 0.15) is 22.3 Å². The van der Waals surface area contributed by atoms with Crippen molar-refractivity contribution in [1.29, 1.82) is 0 Å². The van der Waals surface area contributed by atoms with Gasteiger partial charge < -0.3 is 4.74 Å². The van der Waals surface area contributed by atoms with Gasteiger partial charge in [0.15, 0.2) is 17.9 Å². The smallest absolute Gasteiger partial charge is 0.165 e. The Bertz CT molecular complexity index is 580. The Hall–Kier alpha value is -1.75. The maximum atomic E-state index is 13.7. The van der Waals surface area contributed by atoms with E-state index in [1.807, 2.05) is 0 Å². The number of rotatable bonds is 4. The minimum atomic E-state index is -0.421. The fourth-order valence-electron chi connectivity index (χ4n) is 1.55. The molecule has 1 aromatic carbocycles. The standard InChI is InChI=1S/C13H12FNO2S/c1-3-17-11-5-4-9(6-10(11)14)13-15-8(2)12(7-16)18-13/h4-7H,3H2,1-2H3. The highest BCUT2D eigenvalue weighted by Crippen LogP contribution is 2.30. The maximum absolute atomic E-state index is 13.7. The summed E-state index contributed by atoms with van der Waals surface area (Å²) in [6, 6.07) is 4.68. The molecule has 0 atom stereocenters. The maximum Gasteiger partial charge on any atom is 0.165 e. The number of carbonyl (C=O) groups is 1. The molecule has 0 bridgehead atoms. The van der Waals surface area contributed by atoms with Gasteiger partial charge in [0.1, 0.15) is 5.01 Å². The number of aldehydes is 1. The molecule has 5 heteroatoms. The molecule has 0 aliphatic carbocycles. The van der Waals surface area contributed by atoms with E-state index in [0.29, 0.717) is 27.7 Å². The minimum absolute atomic E-state index is 0.227. The zero-order valence-corrected chi connectivity index (χ0v) is 10.9. The molecule has 3 nitrogen and oxygen atoms in total. The molecule has 2 aromatic rings. The predicted molar refractivity (Wildman–Crippen MR) is 68.8 cm³/mol. The third-order valence-corrected chi connectivity index (χ3v) is 3.55. The number of hydrogen-bond donors (Lipinski definition) is 0. The number of benzene rings is 1. The monoisotopic (exact) mass is 265 g/mol. The van der Waals surface area contributed by atoms with Gasteiger partial charge in [0.05, 0.1) is 17.2 Å². The van der Waals surface area contributed by atoms with Crippen LogP contribution in [0.2, 0.25) is 0 Å². The van der Waals surface area contributed by atoms with Gasteiger partial charge in [-0.15, -0.1) is 11.3 Å². The summed E-state index contributed by atoms with van der Waals surface area (Å²) in [5.74, 6) is -0.194. The lowest BCUT2D eigenvalue weighted by molar-refractivity contribution is 0.112. The number of aryl methyl sites for hydroxylation is 1. The topological polar surface area (TPSA) is 39.2 Å². The van der Waals surface area contributed by atoms with E-state index >= 15 is 0 Å². The Balaban J connectivity index is 2.38. The average molecular weight is 265 g/mol. The molecule has 0 fully saturated rings. The van der Waals surface area contributed by atoms with E-state index in [9.17, 15) is 9.18 Å². The Labute approximate surface area is 108 Å². The van der Waals surface area contributed by atoms with Crippen molar-refractivity contribution in [2.24, 2.45) is 0 Å². The number of hydrogen-bond acceptors (Lipinski definition) is 4. The Morgan fingerprint density at radius 1 is 1.50 bits per heavy atom. The van der Waals surface area contributed by atoms with Gasteiger partial charge in [-0.25, -0.2) is 9.37 Å². The molecular weight excluding hydrogens is 253 g/mol. The van der Waals surface area contributed by atoms with Crippen LogP contribution in [0.25, 0.3) is 10.6 Å². The fourth-order valence-corrected chi connectivity index (χ4v) is 2.42. The highest BCUT2D eigenvalue weighted by atomic mass is 32.1. The second-order valence-corrected chi connectivity index (χ2v) is 4.70. The van der Waals surface area contributed by atoms with Crippen molar-refractivity contribution in [3.8, 4) is 16.3 Å². The van der Waals surface area contributed by atoms with Crippen molar-refractivity contribution < 1.29 is 13.9 Å². The van der Waals surface area contributed by atoms with Gasteiger partial charge in [0.25, 0.3) is 0 Å². The van der Waals surface area contributed by atoms with Crippen LogP contribution in [0.5, 0.6) is 5.75 Å². The van der Waals surface area contributed by atoms with E-state index in [1.54, 1.807) is 26.0 Å². The van der Waals surface area contributed by atoms with Crippen LogP contribution in [-0.2, 0) is 0 Å². The molecule has 18 heavy (non-hydrogen) atoms. The third-order valence-electron chi connectivity index (χ3n) is 2.42. The minimum Gasteiger partial charge on any atom is -0.491 e. The highest BCUT2D eigenvalue weighted by Gasteiger charge is 2.11. The lowest BCUT2D eigenvalue weighted by atomic mass is 10.2. The van der Waals surface area contributed by atoms with Gasteiger partial charge in [0, 0.05) is 5.56 Å². The second-order valence-electron chi connectivity index (χ2n) is 3.66. The van der Waals surface area contributed by atoms with Crippen LogP contribution < -0.4 is 4.74 Å². The number of thiazole rings is 1. The number of ether oxygens (including phenoxy) is 1. The van der Waals surface area contributed by atoms with E-state index < -0.39 is 5.82 Å². The van der Waals surface area contributed by atoms with Crippen LogP contribution in [-0.4, -0.2) is 17.9 Å². The van der Waals surface area contributed by atoms with E-state index in [2.05, 4.69) is 4.98 Å². The number of nitrogens with zero attached hydrogens (tertiary/aromatic N) is 1. The fraction of sp³-hybridized carbons (Fsp3) is 0.231. The first-order valence-electron chi connectivity index (χ1n) is 5.51. The SMILES string of the molecule is CCOc1ccc(-c2nc(C)c(C=O)s2)cc1F. The molecule has 0 saturated heterocycles. The van der Waals surface area contributed by atoms with E-state index in [1.165, 1.54) is 17.4 Å². The molecule has 0 N–H and O–H groups in total. The van der Waals surface area contributed by atoms with E-state index in [-0.39, 0.29) is 5.75 Å². The van der Waals surface area contributed by atoms with Gasteiger partial charge in [-0.1, -0.05) is 0 Å². The van der Waals surface area contributed by atoms with Crippen molar-refractivity contribution in [2.45, 2.75) is 13.8 Å². The summed E-state index contributed by atoms with van der Waals surface area (Å²) in [4.78, 5) is 15.6. The molecular formula is C13H12FNO2S. The molecule has 2 rings (SSSR count). The summed E-state index contributed by atoms with van der Waals surface area (Å²) < 4.78 is 18.8. The van der Waals surface area contributed by atoms with Crippen LogP contribution in [0.4, 0.5) is 4.39 Å². The number of aromatic nitrogens is 1. The van der Waals surface area contributed by atoms with Crippen molar-refractivity contribution >= 4 is 17.6 Å². The molecule has 0 spiro atoms. The summed E-state index contributed by atoms with van der Waals surface area (Å²) in [5.41, 5.74) is 1.32. The predicted octanol–water partition coefficient (Wildman–Crippen LogP) is 3.47. The molecule has 1 aromatic heterocycles. The van der Waals surface area contributed by atoms with Crippen molar-refractivity contribution in [1.82, 2.24) is 4.98 Å². The zero-order valence-electron chi connectivity index (χ0n) is 10.1. The first kappa shape index (κ1) is 12.7. The molecule has 94 valence electrons. The Kier molecular flexibility index (Phi) is 3.72. The van der Waals surface area contributed by atoms with E-state index in [4.69, 9.17) is 4.74 Å². The number of halogens is 1. The first-order chi connectivity index (χ1) is 8.65. The van der Waals surface area contributed by atoms with Crippen LogP contribution in [0.3, 0.4) is 0 Å². The van der Waals surface area contributed by atoms with Crippen LogP contribution in [0.15, 0.2) is 18.2 Å². The van der Waals surface area contributed by atoms with Gasteiger partial charge in [0.2, 0.25) is 0 Å². The molecule has 0 aliphatic rings. The van der Waals surface area contributed by atoms with Crippen molar-refractivity contribution in [3.05, 3.63) is 34.6 Å². The summed E-state index contributed by atoms with van der Waals surface area (Å²) in [5, 5.41) is 0.636. The van der Waals surface area contributed by atoms with E-state index in [0.717, 1.165) is 6.29 Å². The lowest BCUT2D eigenvalue weighted by Crippen LogP contribution is -1.94. The summed E-state index contributed by atoms with van der Waals surface area (Å²) in [6.45, 7) is 3.98. The number of carbonyl (C=O) groups excluding carboxylic acids is 1.